The van der Waals surface area contributed by atoms with Crippen LogP contribution in [0.4, 0.5) is 0 Å². The van der Waals surface area contributed by atoms with Crippen LogP contribution in [0.5, 0.6) is 11.5 Å². The minimum atomic E-state index is 0.368. The summed E-state index contributed by atoms with van der Waals surface area (Å²) < 4.78 is 11.3. The summed E-state index contributed by atoms with van der Waals surface area (Å²) >= 11 is 0. The van der Waals surface area contributed by atoms with Gasteiger partial charge in [-0.2, -0.15) is 0 Å². The predicted octanol–water partition coefficient (Wildman–Crippen LogP) is 4.18. The van der Waals surface area contributed by atoms with Crippen molar-refractivity contribution in [3.63, 3.8) is 0 Å². The fraction of sp³-hybridized carbons (Fsp3) is 0.647. The van der Waals surface area contributed by atoms with Gasteiger partial charge in [-0.1, -0.05) is 19.9 Å². The van der Waals surface area contributed by atoms with Crippen molar-refractivity contribution in [2.75, 3.05) is 20.3 Å². The average molecular weight is 279 g/mol. The van der Waals surface area contributed by atoms with Gasteiger partial charge in [-0.3, -0.25) is 0 Å². The molecule has 3 nitrogen and oxygen atoms in total. The van der Waals surface area contributed by atoms with Crippen molar-refractivity contribution < 1.29 is 9.47 Å². The summed E-state index contributed by atoms with van der Waals surface area (Å²) in [6.07, 6.45) is 2.34. The second-order valence-electron chi connectivity index (χ2n) is 5.38. The Morgan fingerprint density at radius 2 is 1.65 bits per heavy atom. The summed E-state index contributed by atoms with van der Waals surface area (Å²) in [6.45, 7) is 9.81. The number of hydrogen-bond donors (Lipinski definition) is 1. The fourth-order valence-corrected chi connectivity index (χ4v) is 2.26. The molecule has 1 rings (SSSR count). The summed E-state index contributed by atoms with van der Waals surface area (Å²) in [5.41, 5.74) is 1.26. The highest BCUT2D eigenvalue weighted by molar-refractivity contribution is 5.44. The van der Waals surface area contributed by atoms with E-state index in [1.807, 2.05) is 27.0 Å². The summed E-state index contributed by atoms with van der Waals surface area (Å²) in [6, 6.07) is 6.63. The van der Waals surface area contributed by atoms with Gasteiger partial charge in [0, 0.05) is 6.04 Å². The Kier molecular flexibility index (Phi) is 7.45. The lowest BCUT2D eigenvalue weighted by Gasteiger charge is -2.20. The van der Waals surface area contributed by atoms with Crippen LogP contribution in [0, 0.1) is 5.92 Å². The molecule has 0 radical (unpaired) electrons. The Morgan fingerprint density at radius 3 is 2.20 bits per heavy atom. The molecule has 1 unspecified atom stereocenters. The molecule has 0 aliphatic rings. The first-order valence-electron chi connectivity index (χ1n) is 7.69. The summed E-state index contributed by atoms with van der Waals surface area (Å²) in [4.78, 5) is 0. The van der Waals surface area contributed by atoms with Crippen LogP contribution >= 0.6 is 0 Å². The van der Waals surface area contributed by atoms with Crippen molar-refractivity contribution in [3.8, 4) is 11.5 Å². The van der Waals surface area contributed by atoms with Crippen LogP contribution in [0.3, 0.4) is 0 Å². The average Bonchev–Trinajstić information content (AvgIpc) is 2.42. The van der Waals surface area contributed by atoms with Crippen LogP contribution in [-0.2, 0) is 0 Å². The van der Waals surface area contributed by atoms with Crippen LogP contribution in [0.1, 0.15) is 52.1 Å². The molecule has 3 heteroatoms. The molecule has 0 bridgehead atoms. The van der Waals surface area contributed by atoms with Crippen LogP contribution in [-0.4, -0.2) is 20.3 Å². The topological polar surface area (TPSA) is 30.5 Å². The third-order valence-electron chi connectivity index (χ3n) is 3.35. The Bertz CT molecular complexity index is 391. The van der Waals surface area contributed by atoms with E-state index < -0.39 is 0 Å². The van der Waals surface area contributed by atoms with Crippen molar-refractivity contribution in [2.45, 2.75) is 46.6 Å². The van der Waals surface area contributed by atoms with E-state index in [4.69, 9.17) is 9.47 Å². The number of hydrogen-bond acceptors (Lipinski definition) is 3. The van der Waals surface area contributed by atoms with E-state index in [0.29, 0.717) is 19.3 Å². The lowest BCUT2D eigenvalue weighted by atomic mass is 9.97. The zero-order valence-electron chi connectivity index (χ0n) is 13.5. The molecule has 20 heavy (non-hydrogen) atoms. The lowest BCUT2D eigenvalue weighted by molar-refractivity contribution is 0.287. The number of rotatable bonds is 9. The first-order valence-corrected chi connectivity index (χ1v) is 7.69. The van der Waals surface area contributed by atoms with E-state index in [0.717, 1.165) is 23.8 Å². The highest BCUT2D eigenvalue weighted by atomic mass is 16.5. The summed E-state index contributed by atoms with van der Waals surface area (Å²) in [5.74, 6) is 2.40. The number of benzene rings is 1. The second kappa shape index (κ2) is 8.85. The zero-order chi connectivity index (χ0) is 15.0. The molecule has 0 fully saturated rings. The van der Waals surface area contributed by atoms with Crippen LogP contribution in [0.2, 0.25) is 0 Å². The monoisotopic (exact) mass is 279 g/mol. The standard InChI is InChI=1S/C17H29NO2/c1-6-19-16-11-9-14(12-17(16)20-7-2)15(18-5)10-8-13(3)4/h9,11-13,15,18H,6-8,10H2,1-5H3. The Labute approximate surface area is 123 Å². The maximum Gasteiger partial charge on any atom is 0.161 e. The normalized spacial score (nSPS) is 12.5. The van der Waals surface area contributed by atoms with Crippen molar-refractivity contribution in [1.29, 1.82) is 0 Å². The SMILES string of the molecule is CCOc1ccc(C(CCC(C)C)NC)cc1OCC. The molecule has 1 aromatic rings. The van der Waals surface area contributed by atoms with E-state index in [1.54, 1.807) is 0 Å². The highest BCUT2D eigenvalue weighted by Gasteiger charge is 2.13. The van der Waals surface area contributed by atoms with Gasteiger partial charge in [0.1, 0.15) is 0 Å². The smallest absolute Gasteiger partial charge is 0.161 e. The Balaban J connectivity index is 2.89. The van der Waals surface area contributed by atoms with E-state index in [2.05, 4.69) is 31.3 Å². The third-order valence-corrected chi connectivity index (χ3v) is 3.35. The van der Waals surface area contributed by atoms with E-state index in [9.17, 15) is 0 Å². The largest absolute Gasteiger partial charge is 0.490 e. The first-order chi connectivity index (χ1) is 9.62. The highest BCUT2D eigenvalue weighted by Crippen LogP contribution is 2.32. The molecule has 1 atom stereocenters. The van der Waals surface area contributed by atoms with E-state index >= 15 is 0 Å². The lowest BCUT2D eigenvalue weighted by Crippen LogP contribution is -2.17. The van der Waals surface area contributed by atoms with Crippen molar-refractivity contribution in [1.82, 2.24) is 5.32 Å². The van der Waals surface area contributed by atoms with Crippen LogP contribution in [0.25, 0.3) is 0 Å². The molecule has 0 saturated carbocycles. The molecule has 0 saturated heterocycles. The van der Waals surface area contributed by atoms with Gasteiger partial charge in [0.2, 0.25) is 0 Å². The quantitative estimate of drug-likeness (QED) is 0.735. The molecule has 0 aliphatic heterocycles. The van der Waals surface area contributed by atoms with Gasteiger partial charge >= 0.3 is 0 Å². The van der Waals surface area contributed by atoms with E-state index in [-0.39, 0.29) is 0 Å². The van der Waals surface area contributed by atoms with Crippen LogP contribution < -0.4 is 14.8 Å². The van der Waals surface area contributed by atoms with Gasteiger partial charge in [0.25, 0.3) is 0 Å². The maximum absolute atomic E-state index is 5.70. The Hall–Kier alpha value is -1.22. The molecule has 1 N–H and O–H groups in total. The van der Waals surface area contributed by atoms with Gasteiger partial charge in [0.15, 0.2) is 11.5 Å². The molecular formula is C17H29NO2. The zero-order valence-corrected chi connectivity index (χ0v) is 13.5. The fourth-order valence-electron chi connectivity index (χ4n) is 2.26. The molecule has 0 aliphatic carbocycles. The molecule has 0 heterocycles. The summed E-state index contributed by atoms with van der Waals surface area (Å²) in [5, 5.41) is 3.40. The van der Waals surface area contributed by atoms with E-state index in [1.165, 1.54) is 12.0 Å². The molecule has 0 amide bonds. The van der Waals surface area contributed by atoms with Crippen molar-refractivity contribution in [3.05, 3.63) is 23.8 Å². The maximum atomic E-state index is 5.70. The van der Waals surface area contributed by atoms with Gasteiger partial charge in [-0.15, -0.1) is 0 Å². The molecular weight excluding hydrogens is 250 g/mol. The molecule has 0 aromatic heterocycles. The van der Waals surface area contributed by atoms with Gasteiger partial charge in [-0.05, 0) is 57.4 Å². The third kappa shape index (κ3) is 5.04. The molecule has 0 spiro atoms. The van der Waals surface area contributed by atoms with Gasteiger partial charge < -0.3 is 14.8 Å². The predicted molar refractivity (Wildman–Crippen MR) is 84.7 cm³/mol. The number of ether oxygens (including phenoxy) is 2. The molecule has 114 valence electrons. The van der Waals surface area contributed by atoms with Crippen molar-refractivity contribution >= 4 is 0 Å². The second-order valence-corrected chi connectivity index (χ2v) is 5.38. The van der Waals surface area contributed by atoms with Gasteiger partial charge in [0.05, 0.1) is 13.2 Å². The summed E-state index contributed by atoms with van der Waals surface area (Å²) in [7, 11) is 2.02. The first kappa shape index (κ1) is 16.8. The van der Waals surface area contributed by atoms with Crippen molar-refractivity contribution in [2.24, 2.45) is 5.92 Å². The minimum absolute atomic E-state index is 0.368. The molecule has 1 aromatic carbocycles. The van der Waals surface area contributed by atoms with Crippen LogP contribution in [0.15, 0.2) is 18.2 Å². The Morgan fingerprint density at radius 1 is 1.00 bits per heavy atom. The van der Waals surface area contributed by atoms with Gasteiger partial charge in [-0.25, -0.2) is 0 Å². The number of nitrogens with one attached hydrogen (secondary N) is 1. The minimum Gasteiger partial charge on any atom is -0.490 e.